The molecule has 1 amide bonds. The highest BCUT2D eigenvalue weighted by atomic mass is 16.2. The zero-order valence-electron chi connectivity index (χ0n) is 11.3. The number of carbonyl (C=O) groups is 1. The zero-order chi connectivity index (χ0) is 13.7. The van der Waals surface area contributed by atoms with Gasteiger partial charge in [0.25, 0.3) is 0 Å². The number of likely N-dealkylation sites (tertiary alicyclic amines) is 1. The molecule has 2 N–H and O–H groups in total. The Morgan fingerprint density at radius 1 is 1.44 bits per heavy atom. The summed E-state index contributed by atoms with van der Waals surface area (Å²) in [7, 11) is 0. The van der Waals surface area contributed by atoms with Crippen LogP contribution in [0.2, 0.25) is 0 Å². The lowest BCUT2D eigenvalue weighted by Gasteiger charge is -2.27. The van der Waals surface area contributed by atoms with E-state index in [1.165, 1.54) is 0 Å². The fourth-order valence-electron chi connectivity index (χ4n) is 2.35. The molecule has 1 aliphatic heterocycles. The van der Waals surface area contributed by atoms with Gasteiger partial charge in [0.1, 0.15) is 6.04 Å². The van der Waals surface area contributed by atoms with Crippen LogP contribution >= 0.6 is 0 Å². The Morgan fingerprint density at radius 3 is 2.56 bits per heavy atom. The molecule has 1 aliphatic rings. The quantitative estimate of drug-likeness (QED) is 0.763. The fourth-order valence-corrected chi connectivity index (χ4v) is 2.35. The van der Waals surface area contributed by atoms with Crippen molar-refractivity contribution < 1.29 is 4.79 Å². The average Bonchev–Trinajstić information content (AvgIpc) is 2.70. The van der Waals surface area contributed by atoms with Gasteiger partial charge in [0.15, 0.2) is 0 Å². The summed E-state index contributed by atoms with van der Waals surface area (Å²) in [6, 6.07) is 1.12. The molecule has 0 saturated carbocycles. The van der Waals surface area contributed by atoms with Crippen LogP contribution in [-0.4, -0.2) is 28.9 Å². The van der Waals surface area contributed by atoms with E-state index in [2.05, 4.69) is 17.9 Å². The summed E-state index contributed by atoms with van der Waals surface area (Å²) in [4.78, 5) is 13.9. The molecule has 0 bridgehead atoms. The normalized spacial score (nSPS) is 24.3. The fraction of sp³-hybridized carbons (Fsp3) is 0.714. The van der Waals surface area contributed by atoms with Crippen molar-refractivity contribution in [3.05, 3.63) is 0 Å². The largest absolute Gasteiger partial charge is 0.320 e. The van der Waals surface area contributed by atoms with Crippen molar-refractivity contribution in [2.24, 2.45) is 11.7 Å². The summed E-state index contributed by atoms with van der Waals surface area (Å²) < 4.78 is 0. The average molecular weight is 247 g/mol. The van der Waals surface area contributed by atoms with Crippen LogP contribution in [0.15, 0.2) is 0 Å². The van der Waals surface area contributed by atoms with Gasteiger partial charge in [-0.1, -0.05) is 19.8 Å². The molecule has 4 heteroatoms. The Morgan fingerprint density at radius 2 is 2.06 bits per heavy atom. The summed E-state index contributed by atoms with van der Waals surface area (Å²) in [5.74, 6) is 6.05. The van der Waals surface area contributed by atoms with Crippen molar-refractivity contribution in [1.29, 1.82) is 5.26 Å². The minimum atomic E-state index is -0.528. The first-order valence-electron chi connectivity index (χ1n) is 6.40. The van der Waals surface area contributed by atoms with E-state index in [0.29, 0.717) is 18.8 Å². The number of carbonyl (C=O) groups excluding carboxylic acids is 1. The zero-order valence-corrected chi connectivity index (χ0v) is 11.3. The summed E-state index contributed by atoms with van der Waals surface area (Å²) in [6.07, 6.45) is 2.09. The van der Waals surface area contributed by atoms with E-state index in [4.69, 9.17) is 11.0 Å². The maximum atomic E-state index is 12.3. The molecule has 0 aromatic heterocycles. The predicted molar refractivity (Wildman–Crippen MR) is 70.1 cm³/mol. The van der Waals surface area contributed by atoms with Crippen LogP contribution in [0.3, 0.4) is 0 Å². The van der Waals surface area contributed by atoms with Gasteiger partial charge in [-0.2, -0.15) is 5.26 Å². The molecule has 18 heavy (non-hydrogen) atoms. The van der Waals surface area contributed by atoms with E-state index in [9.17, 15) is 4.79 Å². The second kappa shape index (κ2) is 6.42. The molecule has 1 saturated heterocycles. The highest BCUT2D eigenvalue weighted by Gasteiger charge is 2.38. The lowest BCUT2D eigenvalue weighted by atomic mass is 10.0. The lowest BCUT2D eigenvalue weighted by molar-refractivity contribution is -0.134. The van der Waals surface area contributed by atoms with Crippen molar-refractivity contribution in [2.45, 2.75) is 58.2 Å². The van der Waals surface area contributed by atoms with E-state index in [0.717, 1.165) is 6.42 Å². The minimum absolute atomic E-state index is 0.138. The molecule has 0 spiro atoms. The van der Waals surface area contributed by atoms with Crippen LogP contribution in [0.4, 0.5) is 0 Å². The third kappa shape index (κ3) is 3.24. The summed E-state index contributed by atoms with van der Waals surface area (Å²) in [5, 5.41) is 9.10. The number of hydrogen-bond donors (Lipinski definition) is 1. The highest BCUT2D eigenvalue weighted by molar-refractivity contribution is 5.83. The molecule has 0 aromatic carbocycles. The van der Waals surface area contributed by atoms with Crippen LogP contribution in [0.25, 0.3) is 0 Å². The number of rotatable bonds is 3. The summed E-state index contributed by atoms with van der Waals surface area (Å²) >= 11 is 0. The van der Waals surface area contributed by atoms with Crippen molar-refractivity contribution in [1.82, 2.24) is 4.90 Å². The summed E-state index contributed by atoms with van der Waals surface area (Å²) in [6.45, 7) is 5.81. The molecule has 1 rings (SSSR count). The molecule has 1 heterocycles. The molecule has 4 nitrogen and oxygen atoms in total. The first-order valence-corrected chi connectivity index (χ1v) is 6.40. The standard InChI is InChI=1S/C14H21N3O/c1-4-5-11-6-7-12(9-15)17(11)14(18)13(16)8-10(2)3/h10-13H,6-8,16H2,1-3H3/t11-,12-,13-/m0/s1. The van der Waals surface area contributed by atoms with Crippen LogP contribution in [0.5, 0.6) is 0 Å². The van der Waals surface area contributed by atoms with Crippen LogP contribution in [0, 0.1) is 29.1 Å². The third-order valence-electron chi connectivity index (χ3n) is 3.14. The van der Waals surface area contributed by atoms with E-state index < -0.39 is 6.04 Å². The topological polar surface area (TPSA) is 70.1 Å². The van der Waals surface area contributed by atoms with Gasteiger partial charge >= 0.3 is 0 Å². The van der Waals surface area contributed by atoms with Crippen molar-refractivity contribution in [3.63, 3.8) is 0 Å². The number of nitrogens with zero attached hydrogens (tertiary/aromatic N) is 2. The van der Waals surface area contributed by atoms with Crippen LogP contribution < -0.4 is 5.73 Å². The van der Waals surface area contributed by atoms with E-state index in [-0.39, 0.29) is 18.0 Å². The molecule has 0 aliphatic carbocycles. The molecular formula is C14H21N3O. The van der Waals surface area contributed by atoms with Gasteiger partial charge in [-0.3, -0.25) is 4.79 Å². The second-order valence-corrected chi connectivity index (χ2v) is 5.11. The monoisotopic (exact) mass is 247 g/mol. The molecule has 0 radical (unpaired) electrons. The molecule has 98 valence electrons. The smallest absolute Gasteiger partial charge is 0.241 e. The number of amides is 1. The minimum Gasteiger partial charge on any atom is -0.320 e. The maximum absolute atomic E-state index is 12.3. The van der Waals surface area contributed by atoms with E-state index >= 15 is 0 Å². The van der Waals surface area contributed by atoms with Gasteiger partial charge in [-0.15, -0.1) is 5.92 Å². The molecule has 1 fully saturated rings. The Labute approximate surface area is 109 Å². The molecule has 3 atom stereocenters. The first kappa shape index (κ1) is 14.5. The molecular weight excluding hydrogens is 226 g/mol. The Bertz CT molecular complexity index is 399. The van der Waals surface area contributed by atoms with Crippen LogP contribution in [-0.2, 0) is 4.79 Å². The van der Waals surface area contributed by atoms with Gasteiger partial charge in [0.2, 0.25) is 5.91 Å². The lowest BCUT2D eigenvalue weighted by Crippen LogP contribution is -2.49. The number of nitriles is 1. The van der Waals surface area contributed by atoms with Crippen molar-refractivity contribution >= 4 is 5.91 Å². The highest BCUT2D eigenvalue weighted by Crippen LogP contribution is 2.24. The first-order chi connectivity index (χ1) is 8.51. The van der Waals surface area contributed by atoms with Gasteiger partial charge < -0.3 is 10.6 Å². The Balaban J connectivity index is 2.84. The van der Waals surface area contributed by atoms with Crippen LogP contribution in [0.1, 0.15) is 40.0 Å². The van der Waals surface area contributed by atoms with E-state index in [1.54, 1.807) is 11.8 Å². The Hall–Kier alpha value is -1.52. The summed E-state index contributed by atoms with van der Waals surface area (Å²) in [5.41, 5.74) is 5.92. The second-order valence-electron chi connectivity index (χ2n) is 5.11. The molecule has 0 aromatic rings. The SMILES string of the molecule is CC#C[C@H]1CC[C@@H](C#N)N1C(=O)[C@@H](N)CC(C)C. The number of nitrogens with two attached hydrogens (primary N) is 1. The van der Waals surface area contributed by atoms with Gasteiger partial charge in [-0.25, -0.2) is 0 Å². The van der Waals surface area contributed by atoms with Gasteiger partial charge in [0.05, 0.1) is 18.2 Å². The maximum Gasteiger partial charge on any atom is 0.241 e. The number of hydrogen-bond acceptors (Lipinski definition) is 3. The third-order valence-corrected chi connectivity index (χ3v) is 3.14. The van der Waals surface area contributed by atoms with Gasteiger partial charge in [0, 0.05) is 0 Å². The Kier molecular flexibility index (Phi) is 5.19. The van der Waals surface area contributed by atoms with Crippen molar-refractivity contribution in [2.75, 3.05) is 0 Å². The van der Waals surface area contributed by atoms with E-state index in [1.807, 2.05) is 13.8 Å². The van der Waals surface area contributed by atoms with Gasteiger partial charge in [-0.05, 0) is 32.1 Å². The predicted octanol–water partition coefficient (Wildman–Crippen LogP) is 1.27. The van der Waals surface area contributed by atoms with Crippen molar-refractivity contribution in [3.8, 4) is 17.9 Å². The molecule has 0 unspecified atom stereocenters.